The first-order valence-corrected chi connectivity index (χ1v) is 14.7. The SMILES string of the molecule is O=C(NCCN(CCS(=O)(=O)O)C(=O)c1ccc2cc(-c3cc4ccc(F)cc4oc3=O)oc2c1)C1=C/C=C\C=C/C=C\1. The molecule has 0 saturated heterocycles. The third kappa shape index (κ3) is 7.23. The van der Waals surface area contributed by atoms with Gasteiger partial charge in [-0.1, -0.05) is 36.4 Å². The molecule has 43 heavy (non-hydrogen) atoms. The number of furan rings is 1. The summed E-state index contributed by atoms with van der Waals surface area (Å²) in [5.41, 5.74) is 0.277. The number of carbonyl (C=O) groups is 2. The highest BCUT2D eigenvalue weighted by atomic mass is 32.2. The van der Waals surface area contributed by atoms with Crippen LogP contribution in [0.4, 0.5) is 4.39 Å². The van der Waals surface area contributed by atoms with Crippen molar-refractivity contribution in [3.63, 3.8) is 0 Å². The molecule has 12 heteroatoms. The largest absolute Gasteiger partial charge is 0.456 e. The molecule has 0 spiro atoms. The molecule has 0 saturated carbocycles. The van der Waals surface area contributed by atoms with Crippen LogP contribution in [0.3, 0.4) is 0 Å². The molecule has 0 unspecified atom stereocenters. The minimum absolute atomic E-state index is 0.00949. The number of fused-ring (bicyclic) bond motifs is 2. The molecule has 4 aromatic rings. The Bertz CT molecular complexity index is 2020. The maximum absolute atomic E-state index is 13.5. The highest BCUT2D eigenvalue weighted by molar-refractivity contribution is 7.85. The molecule has 5 rings (SSSR count). The molecule has 220 valence electrons. The van der Waals surface area contributed by atoms with Crippen molar-refractivity contribution in [2.24, 2.45) is 0 Å². The fourth-order valence-electron chi connectivity index (χ4n) is 4.40. The molecular weight excluding hydrogens is 579 g/mol. The molecule has 0 bridgehead atoms. The summed E-state index contributed by atoms with van der Waals surface area (Å²) in [5, 5.41) is 3.77. The molecule has 0 radical (unpaired) electrons. The first-order chi connectivity index (χ1) is 20.6. The predicted molar refractivity (Wildman–Crippen MR) is 158 cm³/mol. The number of amides is 2. The fraction of sp³-hybridized carbons (Fsp3) is 0.129. The second kappa shape index (κ2) is 12.4. The van der Waals surface area contributed by atoms with E-state index >= 15 is 0 Å². The minimum atomic E-state index is -4.38. The van der Waals surface area contributed by atoms with E-state index in [-0.39, 0.29) is 53.6 Å². The molecule has 2 aromatic carbocycles. The van der Waals surface area contributed by atoms with Crippen LogP contribution in [0.15, 0.2) is 110 Å². The number of hydrogen-bond acceptors (Lipinski definition) is 7. The van der Waals surface area contributed by atoms with Gasteiger partial charge in [-0.3, -0.25) is 14.1 Å². The molecule has 2 aromatic heterocycles. The number of benzene rings is 2. The Balaban J connectivity index is 1.36. The maximum Gasteiger partial charge on any atom is 0.347 e. The van der Waals surface area contributed by atoms with Crippen LogP contribution >= 0.6 is 0 Å². The smallest absolute Gasteiger partial charge is 0.347 e. The second-order valence-corrected chi connectivity index (χ2v) is 11.2. The van der Waals surface area contributed by atoms with Crippen LogP contribution in [-0.4, -0.2) is 55.1 Å². The number of carbonyl (C=O) groups excluding carboxylic acids is 2. The molecule has 2 N–H and O–H groups in total. The second-order valence-electron chi connectivity index (χ2n) is 9.58. The average molecular weight is 605 g/mol. The minimum Gasteiger partial charge on any atom is -0.456 e. The van der Waals surface area contributed by atoms with Gasteiger partial charge in [0.2, 0.25) is 0 Å². The summed E-state index contributed by atoms with van der Waals surface area (Å²) in [7, 11) is -4.38. The van der Waals surface area contributed by atoms with Gasteiger partial charge in [0.25, 0.3) is 21.9 Å². The zero-order valence-corrected chi connectivity index (χ0v) is 23.3. The summed E-state index contributed by atoms with van der Waals surface area (Å²) in [6.45, 7) is -0.369. The van der Waals surface area contributed by atoms with Gasteiger partial charge in [0.1, 0.15) is 28.3 Å². The van der Waals surface area contributed by atoms with Crippen molar-refractivity contribution in [2.75, 3.05) is 25.4 Å². The number of allylic oxidation sites excluding steroid dienone is 6. The van der Waals surface area contributed by atoms with Crippen LogP contribution in [0.1, 0.15) is 10.4 Å². The quantitative estimate of drug-likeness (QED) is 0.211. The Labute approximate surface area is 244 Å². The van der Waals surface area contributed by atoms with E-state index < -0.39 is 33.2 Å². The monoisotopic (exact) mass is 604 g/mol. The zero-order chi connectivity index (χ0) is 30.6. The van der Waals surface area contributed by atoms with Crippen molar-refractivity contribution < 1.29 is 35.8 Å². The number of rotatable bonds is 9. The lowest BCUT2D eigenvalue weighted by Gasteiger charge is -2.22. The summed E-state index contributed by atoms with van der Waals surface area (Å²) >= 11 is 0. The molecule has 2 heterocycles. The van der Waals surface area contributed by atoms with Gasteiger partial charge >= 0.3 is 5.63 Å². The van der Waals surface area contributed by atoms with E-state index in [1.807, 2.05) is 6.08 Å². The van der Waals surface area contributed by atoms with E-state index in [1.165, 1.54) is 35.2 Å². The number of hydrogen-bond donors (Lipinski definition) is 2. The average Bonchev–Trinajstić information content (AvgIpc) is 3.36. The van der Waals surface area contributed by atoms with E-state index in [0.717, 1.165) is 6.07 Å². The van der Waals surface area contributed by atoms with Crippen molar-refractivity contribution >= 4 is 43.9 Å². The molecule has 0 fully saturated rings. The summed E-state index contributed by atoms with van der Waals surface area (Å²) in [4.78, 5) is 39.8. The molecule has 10 nitrogen and oxygen atoms in total. The molecule has 1 aliphatic carbocycles. The Kier molecular flexibility index (Phi) is 8.51. The lowest BCUT2D eigenvalue weighted by molar-refractivity contribution is -0.117. The van der Waals surface area contributed by atoms with Gasteiger partial charge in [0, 0.05) is 47.6 Å². The standard InChI is InChI=1S/C31H25FN2O8S/c32-24-11-10-21-16-25(31(37)42-27(21)19-24)28-17-22-8-9-23(18-26(22)41-28)30(36)34(14-15-43(38,39)40)13-12-33-29(35)20-6-4-2-1-3-5-7-20/h1-11,16-19H,12-15H2,(H,33,35)(H,38,39,40)/b2-1-,3-1?,4-2?,5-3-,6-4-,7-5?,20-6?,20-7+. The van der Waals surface area contributed by atoms with Gasteiger partial charge in [-0.15, -0.1) is 0 Å². The highest BCUT2D eigenvalue weighted by Gasteiger charge is 2.21. The number of halogens is 1. The molecule has 2 amide bonds. The van der Waals surface area contributed by atoms with Crippen LogP contribution in [0, 0.1) is 5.82 Å². The Morgan fingerprint density at radius 3 is 2.42 bits per heavy atom. The first-order valence-electron chi connectivity index (χ1n) is 13.1. The van der Waals surface area contributed by atoms with Crippen molar-refractivity contribution in [1.82, 2.24) is 10.2 Å². The first kappa shape index (κ1) is 29.4. The van der Waals surface area contributed by atoms with Crippen molar-refractivity contribution in [3.05, 3.63) is 118 Å². The van der Waals surface area contributed by atoms with Gasteiger partial charge in [-0.05, 0) is 48.6 Å². The van der Waals surface area contributed by atoms with Gasteiger partial charge < -0.3 is 19.1 Å². The van der Waals surface area contributed by atoms with E-state index in [9.17, 15) is 31.7 Å². The Morgan fingerprint density at radius 1 is 0.884 bits per heavy atom. The highest BCUT2D eigenvalue weighted by Crippen LogP contribution is 2.29. The Hall–Kier alpha value is -5.07. The van der Waals surface area contributed by atoms with Gasteiger partial charge in [0.05, 0.1) is 5.75 Å². The van der Waals surface area contributed by atoms with E-state index in [0.29, 0.717) is 16.3 Å². The molecule has 0 aliphatic heterocycles. The van der Waals surface area contributed by atoms with Gasteiger partial charge in [-0.2, -0.15) is 8.42 Å². The fourth-order valence-corrected chi connectivity index (χ4v) is 4.85. The topological polar surface area (TPSA) is 147 Å². The van der Waals surface area contributed by atoms with Gasteiger partial charge in [0.15, 0.2) is 0 Å². The summed E-state index contributed by atoms with van der Waals surface area (Å²) < 4.78 is 56.8. The third-order valence-corrected chi connectivity index (χ3v) is 7.26. The van der Waals surface area contributed by atoms with Crippen molar-refractivity contribution in [1.29, 1.82) is 0 Å². The normalized spacial score (nSPS) is 16.6. The van der Waals surface area contributed by atoms with Crippen LogP contribution in [0.5, 0.6) is 0 Å². The Morgan fingerprint density at radius 2 is 1.60 bits per heavy atom. The molecule has 0 atom stereocenters. The van der Waals surface area contributed by atoms with Crippen LogP contribution in [0.25, 0.3) is 33.3 Å². The van der Waals surface area contributed by atoms with Gasteiger partial charge in [-0.25, -0.2) is 9.18 Å². The molecule has 1 aliphatic rings. The van der Waals surface area contributed by atoms with Crippen LogP contribution in [0.2, 0.25) is 0 Å². The van der Waals surface area contributed by atoms with Crippen molar-refractivity contribution in [2.45, 2.75) is 0 Å². The third-order valence-electron chi connectivity index (χ3n) is 6.56. The lowest BCUT2D eigenvalue weighted by Crippen LogP contribution is -2.41. The predicted octanol–water partition coefficient (Wildman–Crippen LogP) is 4.40. The summed E-state index contributed by atoms with van der Waals surface area (Å²) in [6.07, 6.45) is 12.0. The number of nitrogens with zero attached hydrogens (tertiary/aromatic N) is 1. The van der Waals surface area contributed by atoms with Crippen LogP contribution in [-0.2, 0) is 14.9 Å². The zero-order valence-electron chi connectivity index (χ0n) is 22.5. The van der Waals surface area contributed by atoms with E-state index in [2.05, 4.69) is 5.32 Å². The molecular formula is C31H25FN2O8S. The number of nitrogens with one attached hydrogen (secondary N) is 1. The van der Waals surface area contributed by atoms with Crippen LogP contribution < -0.4 is 10.9 Å². The van der Waals surface area contributed by atoms with Crippen molar-refractivity contribution in [3.8, 4) is 11.3 Å². The van der Waals surface area contributed by atoms with E-state index in [1.54, 1.807) is 48.6 Å². The maximum atomic E-state index is 13.5. The summed E-state index contributed by atoms with van der Waals surface area (Å²) in [6, 6.07) is 11.5. The lowest BCUT2D eigenvalue weighted by atomic mass is 10.1. The van der Waals surface area contributed by atoms with E-state index in [4.69, 9.17) is 8.83 Å². The summed E-state index contributed by atoms with van der Waals surface area (Å²) in [5.74, 6) is -2.02.